The topological polar surface area (TPSA) is 56.2 Å². The van der Waals surface area contributed by atoms with Crippen LogP contribution in [-0.2, 0) is 0 Å². The summed E-state index contributed by atoms with van der Waals surface area (Å²) in [5.41, 5.74) is 1.28. The largest absolute Gasteiger partial charge is 0.483 e. The summed E-state index contributed by atoms with van der Waals surface area (Å²) in [7, 11) is 0. The minimum absolute atomic E-state index is 0.371. The molecule has 0 fully saturated rings. The Hall–Kier alpha value is -2.50. The lowest BCUT2D eigenvalue weighted by atomic mass is 10.2. The van der Waals surface area contributed by atoms with Gasteiger partial charge in [0, 0.05) is 16.9 Å². The zero-order chi connectivity index (χ0) is 17.8. The minimum Gasteiger partial charge on any atom is -0.483 e. The van der Waals surface area contributed by atoms with Gasteiger partial charge in [-0.1, -0.05) is 41.4 Å². The average molecular weight is 376 g/mol. The molecule has 0 aliphatic carbocycles. The Labute approximate surface area is 155 Å². The van der Waals surface area contributed by atoms with Crippen molar-refractivity contribution < 1.29 is 9.53 Å². The van der Waals surface area contributed by atoms with Crippen molar-refractivity contribution in [2.24, 2.45) is 0 Å². The summed E-state index contributed by atoms with van der Waals surface area (Å²) in [4.78, 5) is 12.5. The fourth-order valence-electron chi connectivity index (χ4n) is 2.31. The molecular formula is C18H15Cl2N3O2. The van der Waals surface area contributed by atoms with Gasteiger partial charge >= 0.3 is 6.03 Å². The van der Waals surface area contributed by atoms with E-state index in [4.69, 9.17) is 27.9 Å². The van der Waals surface area contributed by atoms with Gasteiger partial charge in [0.05, 0.1) is 10.7 Å². The molecule has 1 amide bonds. The summed E-state index contributed by atoms with van der Waals surface area (Å²) in [6, 6.07) is 15.5. The highest BCUT2D eigenvalue weighted by Gasteiger charge is 2.18. The second-order valence-corrected chi connectivity index (χ2v) is 6.14. The van der Waals surface area contributed by atoms with E-state index in [2.05, 4.69) is 10.4 Å². The number of benzene rings is 2. The average Bonchev–Trinajstić information content (AvgIpc) is 3.08. The number of hydrogen-bond acceptors (Lipinski definition) is 3. The number of ether oxygens (including phenoxy) is 1. The number of anilines is 1. The molecule has 1 heterocycles. The van der Waals surface area contributed by atoms with E-state index in [-0.39, 0.29) is 6.03 Å². The summed E-state index contributed by atoms with van der Waals surface area (Å²) >= 11 is 12.0. The van der Waals surface area contributed by atoms with Crippen LogP contribution in [0.4, 0.5) is 10.5 Å². The highest BCUT2D eigenvalue weighted by Crippen LogP contribution is 2.31. The fourth-order valence-corrected chi connectivity index (χ4v) is 2.76. The first-order valence-corrected chi connectivity index (χ1v) is 8.32. The monoisotopic (exact) mass is 375 g/mol. The van der Waals surface area contributed by atoms with Crippen LogP contribution in [0.3, 0.4) is 0 Å². The Morgan fingerprint density at radius 2 is 1.92 bits per heavy atom. The molecule has 3 rings (SSSR count). The van der Waals surface area contributed by atoms with E-state index < -0.39 is 6.10 Å². The molecule has 3 aromatic rings. The van der Waals surface area contributed by atoms with E-state index in [0.717, 1.165) is 0 Å². The Balaban J connectivity index is 1.77. The smallest absolute Gasteiger partial charge is 0.346 e. The van der Waals surface area contributed by atoms with Crippen LogP contribution in [-0.4, -0.2) is 15.8 Å². The molecule has 1 N–H and O–H groups in total. The molecule has 0 unspecified atom stereocenters. The molecular weight excluding hydrogens is 361 g/mol. The standard InChI is InChI=1S/C18H15Cl2N3O2/c1-12(25-17-8-7-13(19)11-15(17)20)16-9-10-21-23(16)18(24)22-14-5-3-2-4-6-14/h2-12H,1H3,(H,22,24)/t12-/m1/s1. The van der Waals surface area contributed by atoms with Gasteiger partial charge in [0.25, 0.3) is 0 Å². The first kappa shape index (κ1) is 17.3. The fraction of sp³-hybridized carbons (Fsp3) is 0.111. The van der Waals surface area contributed by atoms with Crippen molar-refractivity contribution in [1.29, 1.82) is 0 Å². The van der Waals surface area contributed by atoms with Crippen molar-refractivity contribution in [3.63, 3.8) is 0 Å². The lowest BCUT2D eigenvalue weighted by Gasteiger charge is -2.17. The number of rotatable bonds is 4. The van der Waals surface area contributed by atoms with Crippen molar-refractivity contribution in [2.75, 3.05) is 5.32 Å². The van der Waals surface area contributed by atoms with E-state index >= 15 is 0 Å². The summed E-state index contributed by atoms with van der Waals surface area (Å²) in [5, 5.41) is 7.79. The van der Waals surface area contributed by atoms with Gasteiger partial charge in [-0.15, -0.1) is 0 Å². The number of para-hydroxylation sites is 1. The summed E-state index contributed by atoms with van der Waals surface area (Å²) in [6.07, 6.45) is 1.10. The Bertz CT molecular complexity index is 881. The molecule has 2 aromatic carbocycles. The number of nitrogens with one attached hydrogen (secondary N) is 1. The number of nitrogens with zero attached hydrogens (tertiary/aromatic N) is 2. The van der Waals surface area contributed by atoms with Crippen LogP contribution in [0.1, 0.15) is 18.7 Å². The van der Waals surface area contributed by atoms with Gasteiger partial charge in [-0.05, 0) is 43.3 Å². The molecule has 128 valence electrons. The van der Waals surface area contributed by atoms with Crippen LogP contribution in [0, 0.1) is 0 Å². The summed E-state index contributed by atoms with van der Waals surface area (Å²) in [6.45, 7) is 1.81. The molecule has 25 heavy (non-hydrogen) atoms. The van der Waals surface area contributed by atoms with Crippen LogP contribution in [0.2, 0.25) is 10.0 Å². The van der Waals surface area contributed by atoms with Crippen molar-refractivity contribution in [2.45, 2.75) is 13.0 Å². The molecule has 0 saturated carbocycles. The normalized spacial score (nSPS) is 11.8. The van der Waals surface area contributed by atoms with Crippen LogP contribution in [0.15, 0.2) is 60.8 Å². The molecule has 0 bridgehead atoms. The highest BCUT2D eigenvalue weighted by molar-refractivity contribution is 6.35. The van der Waals surface area contributed by atoms with Gasteiger partial charge in [0.15, 0.2) is 0 Å². The molecule has 1 atom stereocenters. The number of halogens is 2. The summed E-state index contributed by atoms with van der Waals surface area (Å²) < 4.78 is 7.12. The highest BCUT2D eigenvalue weighted by atomic mass is 35.5. The number of carbonyl (C=O) groups excluding carboxylic acids is 1. The molecule has 0 radical (unpaired) electrons. The molecule has 0 spiro atoms. The van der Waals surface area contributed by atoms with Crippen molar-refractivity contribution >= 4 is 34.9 Å². The second kappa shape index (κ2) is 7.59. The Morgan fingerprint density at radius 1 is 1.16 bits per heavy atom. The zero-order valence-corrected chi connectivity index (χ0v) is 14.8. The molecule has 5 nitrogen and oxygen atoms in total. The molecule has 7 heteroatoms. The third kappa shape index (κ3) is 4.13. The third-order valence-corrected chi connectivity index (χ3v) is 4.03. The maximum Gasteiger partial charge on any atom is 0.346 e. The van der Waals surface area contributed by atoms with Gasteiger partial charge in [-0.3, -0.25) is 0 Å². The predicted molar refractivity (Wildman–Crippen MR) is 98.6 cm³/mol. The van der Waals surface area contributed by atoms with Crippen LogP contribution in [0.25, 0.3) is 0 Å². The van der Waals surface area contributed by atoms with Crippen LogP contribution in [0.5, 0.6) is 5.75 Å². The van der Waals surface area contributed by atoms with E-state index in [1.165, 1.54) is 4.68 Å². The number of carbonyl (C=O) groups is 1. The Kier molecular flexibility index (Phi) is 5.26. The minimum atomic E-state index is -0.442. The van der Waals surface area contributed by atoms with E-state index in [1.54, 1.807) is 42.6 Å². The van der Waals surface area contributed by atoms with Crippen LogP contribution >= 0.6 is 23.2 Å². The maximum absolute atomic E-state index is 12.5. The summed E-state index contributed by atoms with van der Waals surface area (Å²) in [5.74, 6) is 0.481. The van der Waals surface area contributed by atoms with E-state index in [1.807, 2.05) is 25.1 Å². The maximum atomic E-state index is 12.5. The first-order chi connectivity index (χ1) is 12.0. The number of amides is 1. The van der Waals surface area contributed by atoms with Crippen LogP contribution < -0.4 is 10.1 Å². The lowest BCUT2D eigenvalue weighted by Crippen LogP contribution is -2.24. The molecule has 0 saturated heterocycles. The second-order valence-electron chi connectivity index (χ2n) is 5.30. The van der Waals surface area contributed by atoms with Crippen molar-refractivity contribution in [3.8, 4) is 5.75 Å². The SMILES string of the molecule is C[C@@H](Oc1ccc(Cl)cc1Cl)c1ccnn1C(=O)Nc1ccccc1. The van der Waals surface area contributed by atoms with Gasteiger partial charge in [-0.25, -0.2) is 4.79 Å². The Morgan fingerprint density at radius 3 is 2.64 bits per heavy atom. The third-order valence-electron chi connectivity index (χ3n) is 3.50. The van der Waals surface area contributed by atoms with E-state index in [9.17, 15) is 4.79 Å². The van der Waals surface area contributed by atoms with Gasteiger partial charge in [0.1, 0.15) is 11.9 Å². The van der Waals surface area contributed by atoms with E-state index in [0.29, 0.717) is 27.2 Å². The lowest BCUT2D eigenvalue weighted by molar-refractivity contribution is 0.212. The van der Waals surface area contributed by atoms with Crippen molar-refractivity contribution in [3.05, 3.63) is 76.5 Å². The quantitative estimate of drug-likeness (QED) is 0.662. The van der Waals surface area contributed by atoms with Gasteiger partial charge in [-0.2, -0.15) is 9.78 Å². The van der Waals surface area contributed by atoms with Crippen molar-refractivity contribution in [1.82, 2.24) is 9.78 Å². The van der Waals surface area contributed by atoms with Gasteiger partial charge in [0.2, 0.25) is 0 Å². The zero-order valence-electron chi connectivity index (χ0n) is 13.3. The molecule has 0 aliphatic heterocycles. The number of hydrogen-bond donors (Lipinski definition) is 1. The molecule has 0 aliphatic rings. The number of aromatic nitrogens is 2. The first-order valence-electron chi connectivity index (χ1n) is 7.56. The van der Waals surface area contributed by atoms with Gasteiger partial charge < -0.3 is 10.1 Å². The predicted octanol–water partition coefficient (Wildman–Crippen LogP) is 5.41. The molecule has 1 aromatic heterocycles.